The molecular formula is C30H34F3N7O3S2. The van der Waals surface area contributed by atoms with E-state index in [9.17, 15) is 26.4 Å². The van der Waals surface area contributed by atoms with E-state index in [1.807, 2.05) is 12.1 Å². The predicted molar refractivity (Wildman–Crippen MR) is 166 cm³/mol. The molecule has 9 bridgehead atoms. The Balaban J connectivity index is 1.32. The van der Waals surface area contributed by atoms with Crippen LogP contribution in [0.25, 0.3) is 10.6 Å². The van der Waals surface area contributed by atoms with Gasteiger partial charge in [-0.2, -0.15) is 13.2 Å². The number of hydrogen-bond donors (Lipinski definition) is 3. The van der Waals surface area contributed by atoms with Crippen molar-refractivity contribution in [2.75, 3.05) is 61.8 Å². The van der Waals surface area contributed by atoms with Gasteiger partial charge >= 0.3 is 6.18 Å². The lowest BCUT2D eigenvalue weighted by Crippen LogP contribution is -2.54. The van der Waals surface area contributed by atoms with Crippen LogP contribution < -0.4 is 20.9 Å². The lowest BCUT2D eigenvalue weighted by Gasteiger charge is -2.36. The van der Waals surface area contributed by atoms with Crippen LogP contribution in [0.15, 0.2) is 35.4 Å². The van der Waals surface area contributed by atoms with Crippen molar-refractivity contribution in [3.63, 3.8) is 0 Å². The summed E-state index contributed by atoms with van der Waals surface area (Å²) in [5.41, 5.74) is 1.32. The molecule has 0 radical (unpaired) electrons. The predicted octanol–water partition coefficient (Wildman–Crippen LogP) is 4.24. The lowest BCUT2D eigenvalue weighted by molar-refractivity contribution is -0.137. The minimum atomic E-state index is -4.80. The van der Waals surface area contributed by atoms with Gasteiger partial charge in [-0.3, -0.25) is 4.79 Å². The maximum absolute atomic E-state index is 14.2. The number of amides is 1. The van der Waals surface area contributed by atoms with Crippen LogP contribution in [-0.4, -0.2) is 86.8 Å². The zero-order valence-electron chi connectivity index (χ0n) is 24.5. The second-order valence-corrected chi connectivity index (χ2v) is 15.2. The minimum Gasteiger partial charge on any atom is -0.369 e. The number of benzene rings is 1. The highest BCUT2D eigenvalue weighted by molar-refractivity contribution is 7.91. The molecule has 2 fully saturated rings. The fraction of sp³-hybridized carbons (Fsp3) is 0.500. The SMILES string of the molecule is O=C1c2sc3cc2S(=O)(=O)CCN1CCCCNCC1CN(CCN1)c1ccc(c(C2CC2)c1)Nc1ncc(C(F)(F)F)c-3n1. The Labute approximate surface area is 263 Å². The quantitative estimate of drug-likeness (QED) is 0.352. The number of rotatable bonds is 1. The van der Waals surface area contributed by atoms with E-state index in [2.05, 4.69) is 36.9 Å². The third-order valence-corrected chi connectivity index (χ3v) is 11.8. The Hall–Kier alpha value is -3.27. The van der Waals surface area contributed by atoms with Gasteiger partial charge in [0.2, 0.25) is 5.95 Å². The van der Waals surface area contributed by atoms with Gasteiger partial charge in [-0.15, -0.1) is 11.3 Å². The molecule has 45 heavy (non-hydrogen) atoms. The van der Waals surface area contributed by atoms with Crippen molar-refractivity contribution in [1.82, 2.24) is 25.5 Å². The summed E-state index contributed by atoms with van der Waals surface area (Å²) in [5, 5.41) is 10.2. The van der Waals surface area contributed by atoms with Crippen molar-refractivity contribution in [1.29, 1.82) is 0 Å². The number of fused-ring (bicyclic) bond motifs is 7. The molecule has 10 nitrogen and oxygen atoms in total. The van der Waals surface area contributed by atoms with Gasteiger partial charge < -0.3 is 25.8 Å². The molecule has 1 amide bonds. The van der Waals surface area contributed by atoms with E-state index in [1.165, 1.54) is 11.0 Å². The van der Waals surface area contributed by atoms with Crippen LogP contribution in [0.2, 0.25) is 0 Å². The molecule has 6 heterocycles. The van der Waals surface area contributed by atoms with Gasteiger partial charge in [0.25, 0.3) is 5.91 Å². The van der Waals surface area contributed by atoms with Gasteiger partial charge in [-0.05, 0) is 68.0 Å². The third kappa shape index (κ3) is 6.27. The van der Waals surface area contributed by atoms with E-state index in [1.54, 1.807) is 0 Å². The monoisotopic (exact) mass is 661 g/mol. The number of nitrogens with one attached hydrogen (secondary N) is 3. The summed E-state index contributed by atoms with van der Waals surface area (Å²) >= 11 is 0.735. The third-order valence-electron chi connectivity index (χ3n) is 8.81. The van der Waals surface area contributed by atoms with Crippen LogP contribution in [0.5, 0.6) is 0 Å². The molecular weight excluding hydrogens is 628 g/mol. The molecule has 1 atom stereocenters. The Morgan fingerprint density at radius 1 is 1.02 bits per heavy atom. The molecule has 240 valence electrons. The summed E-state index contributed by atoms with van der Waals surface area (Å²) in [6, 6.07) is 7.52. The number of piperazine rings is 1. The number of thiophene rings is 1. The number of sulfone groups is 1. The summed E-state index contributed by atoms with van der Waals surface area (Å²) in [5.74, 6) is -0.492. The number of anilines is 3. The van der Waals surface area contributed by atoms with E-state index in [-0.39, 0.29) is 38.9 Å². The van der Waals surface area contributed by atoms with E-state index in [0.29, 0.717) is 18.9 Å². The average Bonchev–Trinajstić information content (AvgIpc) is 3.76. The Kier molecular flexibility index (Phi) is 7.99. The largest absolute Gasteiger partial charge is 0.420 e. The Morgan fingerprint density at radius 2 is 1.87 bits per heavy atom. The molecule has 8 rings (SSSR count). The van der Waals surface area contributed by atoms with Crippen molar-refractivity contribution >= 4 is 44.4 Å². The van der Waals surface area contributed by atoms with Crippen molar-refractivity contribution < 1.29 is 26.4 Å². The molecule has 0 spiro atoms. The van der Waals surface area contributed by atoms with Gasteiger partial charge in [0, 0.05) is 62.9 Å². The summed E-state index contributed by atoms with van der Waals surface area (Å²) in [7, 11) is -3.91. The number of halogens is 3. The van der Waals surface area contributed by atoms with Gasteiger partial charge in [-0.1, -0.05) is 0 Å². The van der Waals surface area contributed by atoms with E-state index in [4.69, 9.17) is 0 Å². The fourth-order valence-corrected chi connectivity index (χ4v) is 9.20. The van der Waals surface area contributed by atoms with E-state index >= 15 is 0 Å². The van der Waals surface area contributed by atoms with Crippen LogP contribution in [0, 0.1) is 0 Å². The van der Waals surface area contributed by atoms with Gasteiger partial charge in [0.1, 0.15) is 10.4 Å². The van der Waals surface area contributed by atoms with Crippen molar-refractivity contribution in [2.45, 2.75) is 48.7 Å². The highest BCUT2D eigenvalue weighted by atomic mass is 32.2. The topological polar surface area (TPSA) is 120 Å². The summed E-state index contributed by atoms with van der Waals surface area (Å²) < 4.78 is 69.2. The second-order valence-electron chi connectivity index (χ2n) is 12.0. The highest BCUT2D eigenvalue weighted by Crippen LogP contribution is 2.46. The van der Waals surface area contributed by atoms with Crippen LogP contribution >= 0.6 is 11.3 Å². The number of alkyl halides is 3. The molecule has 2 aromatic heterocycles. The average molecular weight is 662 g/mol. The highest BCUT2D eigenvalue weighted by Gasteiger charge is 2.39. The second kappa shape index (κ2) is 11.8. The van der Waals surface area contributed by atoms with Gasteiger partial charge in [-0.25, -0.2) is 18.4 Å². The standard InChI is InChI=1S/C30H34F3N7O3S2/c31-30(32,33)22-16-36-29-37-23-6-5-20(13-21(23)18-3-4-18)40-10-8-35-19(17-40)15-34-7-1-2-9-39-11-12-45(42,43)25-14-24(26(22)38-29)44-27(25)28(39)41/h5-6,13-14,16,18-19,34-35H,1-4,7-12,15,17H2,(H,36,37,38). The molecule has 1 aromatic carbocycles. The Morgan fingerprint density at radius 3 is 2.67 bits per heavy atom. The molecule has 3 aromatic rings. The molecule has 3 N–H and O–H groups in total. The van der Waals surface area contributed by atoms with Crippen LogP contribution in [0.3, 0.4) is 0 Å². The van der Waals surface area contributed by atoms with Crippen molar-refractivity contribution in [2.24, 2.45) is 0 Å². The first-order chi connectivity index (χ1) is 21.6. The van der Waals surface area contributed by atoms with Gasteiger partial charge in [0.15, 0.2) is 9.84 Å². The molecule has 4 aliphatic heterocycles. The van der Waals surface area contributed by atoms with Crippen LogP contribution in [-0.2, 0) is 16.0 Å². The lowest BCUT2D eigenvalue weighted by atomic mass is 10.1. The van der Waals surface area contributed by atoms with Crippen LogP contribution in [0.4, 0.5) is 30.5 Å². The number of nitrogens with zero attached hydrogens (tertiary/aromatic N) is 4. The maximum atomic E-state index is 14.2. The molecule has 1 aliphatic carbocycles. The zero-order valence-corrected chi connectivity index (χ0v) is 26.1. The number of carbonyl (C=O) groups is 1. The van der Waals surface area contributed by atoms with E-state index in [0.717, 1.165) is 86.5 Å². The van der Waals surface area contributed by atoms with Crippen molar-refractivity contribution in [3.05, 3.63) is 46.5 Å². The summed E-state index contributed by atoms with van der Waals surface area (Å²) in [6.45, 7) is 4.46. The van der Waals surface area contributed by atoms with Crippen molar-refractivity contribution in [3.8, 4) is 10.6 Å². The zero-order chi connectivity index (χ0) is 31.3. The van der Waals surface area contributed by atoms with E-state index < -0.39 is 33.2 Å². The van der Waals surface area contributed by atoms with Gasteiger partial charge in [0.05, 0.1) is 21.2 Å². The molecule has 1 saturated carbocycles. The number of aromatic nitrogens is 2. The first-order valence-corrected chi connectivity index (χ1v) is 17.7. The first kappa shape index (κ1) is 30.4. The minimum absolute atomic E-state index is 0.0321. The molecule has 1 saturated heterocycles. The normalized spacial score (nSPS) is 22.4. The molecule has 15 heteroatoms. The number of carbonyl (C=O) groups excluding carboxylic acids is 1. The fourth-order valence-electron chi connectivity index (χ4n) is 6.25. The molecule has 5 aliphatic rings. The summed E-state index contributed by atoms with van der Waals surface area (Å²) in [6.07, 6.45) is -0.599. The first-order valence-electron chi connectivity index (χ1n) is 15.3. The molecule has 1 unspecified atom stereocenters. The van der Waals surface area contributed by atoms with Crippen LogP contribution in [0.1, 0.15) is 52.4 Å². The number of hydrogen-bond acceptors (Lipinski definition) is 10. The smallest absolute Gasteiger partial charge is 0.369 e. The maximum Gasteiger partial charge on any atom is 0.420 e. The summed E-state index contributed by atoms with van der Waals surface area (Å²) in [4.78, 5) is 25.4. The Bertz CT molecular complexity index is 1730.